The quantitative estimate of drug-likeness (QED) is 0.565. The molecule has 1 atom stereocenters. The maximum atomic E-state index is 5.84. The topological polar surface area (TPSA) is 26.0 Å². The van der Waals surface area contributed by atoms with Crippen LogP contribution in [0.15, 0.2) is 0 Å². The second-order valence-corrected chi connectivity index (χ2v) is 6.21. The van der Waals surface area contributed by atoms with E-state index in [1.807, 2.05) is 0 Å². The zero-order valence-electron chi connectivity index (χ0n) is 12.0. The van der Waals surface area contributed by atoms with E-state index in [1.54, 1.807) is 0 Å². The van der Waals surface area contributed by atoms with E-state index in [2.05, 4.69) is 27.7 Å². The molecule has 0 rings (SSSR count). The number of nitrogens with two attached hydrogens (primary N) is 1. The zero-order chi connectivity index (χ0) is 12.4. The van der Waals surface area contributed by atoms with Gasteiger partial charge in [-0.05, 0) is 24.3 Å². The Labute approximate surface area is 103 Å². The molecule has 0 aromatic carbocycles. The van der Waals surface area contributed by atoms with Crippen LogP contribution < -0.4 is 5.73 Å². The van der Waals surface area contributed by atoms with Crippen LogP contribution in [0, 0.1) is 11.3 Å². The van der Waals surface area contributed by atoms with Crippen molar-refractivity contribution in [3.63, 3.8) is 0 Å². The molecule has 0 aliphatic carbocycles. The third-order valence-electron chi connectivity index (χ3n) is 3.67. The second kappa shape index (κ2) is 9.04. The molecule has 1 unspecified atom stereocenters. The lowest BCUT2D eigenvalue weighted by atomic mass is 9.78. The van der Waals surface area contributed by atoms with Crippen molar-refractivity contribution in [3.05, 3.63) is 0 Å². The Balaban J connectivity index is 3.42. The van der Waals surface area contributed by atoms with Gasteiger partial charge in [0, 0.05) is 0 Å². The van der Waals surface area contributed by atoms with E-state index in [0.717, 1.165) is 6.54 Å². The normalized spacial score (nSPS) is 14.1. The molecule has 0 bridgehead atoms. The Hall–Kier alpha value is -0.0400. The average Bonchev–Trinajstić information content (AvgIpc) is 2.20. The van der Waals surface area contributed by atoms with Gasteiger partial charge in [0.2, 0.25) is 0 Å². The molecule has 16 heavy (non-hydrogen) atoms. The van der Waals surface area contributed by atoms with Crippen LogP contribution in [-0.2, 0) is 0 Å². The van der Waals surface area contributed by atoms with E-state index in [-0.39, 0.29) is 0 Å². The molecule has 1 nitrogen and oxygen atoms in total. The highest BCUT2D eigenvalue weighted by molar-refractivity contribution is 4.74. The number of unbranched alkanes of at least 4 members (excludes halogenated alkanes) is 6. The molecule has 2 N–H and O–H groups in total. The van der Waals surface area contributed by atoms with Gasteiger partial charge in [0.1, 0.15) is 0 Å². The molecule has 0 amide bonds. The predicted molar refractivity (Wildman–Crippen MR) is 74.6 cm³/mol. The fraction of sp³-hybridized carbons (Fsp3) is 1.00. The van der Waals surface area contributed by atoms with Gasteiger partial charge < -0.3 is 5.73 Å². The van der Waals surface area contributed by atoms with Crippen molar-refractivity contribution >= 4 is 0 Å². The molecule has 0 radical (unpaired) electrons. The lowest BCUT2D eigenvalue weighted by Gasteiger charge is -2.29. The average molecular weight is 227 g/mol. The summed E-state index contributed by atoms with van der Waals surface area (Å²) in [5, 5.41) is 0. The second-order valence-electron chi connectivity index (χ2n) is 6.21. The van der Waals surface area contributed by atoms with Crippen LogP contribution >= 0.6 is 0 Å². The maximum Gasteiger partial charge on any atom is -0.00439 e. The summed E-state index contributed by atoms with van der Waals surface area (Å²) in [7, 11) is 0. The van der Waals surface area contributed by atoms with Crippen LogP contribution in [-0.4, -0.2) is 6.54 Å². The van der Waals surface area contributed by atoms with Crippen LogP contribution in [0.2, 0.25) is 0 Å². The van der Waals surface area contributed by atoms with Gasteiger partial charge in [0.25, 0.3) is 0 Å². The van der Waals surface area contributed by atoms with E-state index in [1.165, 1.54) is 51.4 Å². The van der Waals surface area contributed by atoms with Crippen molar-refractivity contribution in [1.29, 1.82) is 0 Å². The highest BCUT2D eigenvalue weighted by Gasteiger charge is 2.22. The highest BCUT2D eigenvalue weighted by Crippen LogP contribution is 2.29. The summed E-state index contributed by atoms with van der Waals surface area (Å²) in [5.41, 5.74) is 6.23. The maximum absolute atomic E-state index is 5.84. The SMILES string of the molecule is CCCCCCCCCC(CN)C(C)(C)C. The minimum atomic E-state index is 0.386. The number of rotatable bonds is 9. The first-order chi connectivity index (χ1) is 7.52. The summed E-state index contributed by atoms with van der Waals surface area (Å²) in [4.78, 5) is 0. The van der Waals surface area contributed by atoms with Gasteiger partial charge in [-0.25, -0.2) is 0 Å². The third kappa shape index (κ3) is 8.15. The molecule has 0 saturated heterocycles. The smallest absolute Gasteiger partial charge is 0.00439 e. The third-order valence-corrected chi connectivity index (χ3v) is 3.67. The van der Waals surface area contributed by atoms with E-state index < -0.39 is 0 Å². The van der Waals surface area contributed by atoms with Gasteiger partial charge in [0.15, 0.2) is 0 Å². The van der Waals surface area contributed by atoms with Crippen molar-refractivity contribution in [2.75, 3.05) is 6.54 Å². The molecule has 0 saturated carbocycles. The molecule has 1 heteroatoms. The molecule has 0 heterocycles. The minimum absolute atomic E-state index is 0.386. The fourth-order valence-electron chi connectivity index (χ4n) is 2.25. The molecule has 98 valence electrons. The number of hydrogen-bond acceptors (Lipinski definition) is 1. The minimum Gasteiger partial charge on any atom is -0.330 e. The lowest BCUT2D eigenvalue weighted by molar-refractivity contribution is 0.227. The van der Waals surface area contributed by atoms with E-state index in [4.69, 9.17) is 5.73 Å². The molecular weight excluding hydrogens is 194 g/mol. The Morgan fingerprint density at radius 1 is 0.875 bits per heavy atom. The van der Waals surface area contributed by atoms with Crippen molar-refractivity contribution in [2.24, 2.45) is 17.1 Å². The van der Waals surface area contributed by atoms with Gasteiger partial charge in [0.05, 0.1) is 0 Å². The van der Waals surface area contributed by atoms with Gasteiger partial charge in [-0.2, -0.15) is 0 Å². The summed E-state index contributed by atoms with van der Waals surface area (Å²) >= 11 is 0. The van der Waals surface area contributed by atoms with Gasteiger partial charge in [-0.15, -0.1) is 0 Å². The largest absolute Gasteiger partial charge is 0.330 e. The highest BCUT2D eigenvalue weighted by atomic mass is 14.6. The molecule has 0 fully saturated rings. The Bertz CT molecular complexity index is 146. The first-order valence-corrected chi connectivity index (χ1v) is 7.22. The van der Waals surface area contributed by atoms with Gasteiger partial charge >= 0.3 is 0 Å². The van der Waals surface area contributed by atoms with E-state index >= 15 is 0 Å². The molecule has 0 aromatic rings. The van der Waals surface area contributed by atoms with Crippen LogP contribution in [0.25, 0.3) is 0 Å². The Kier molecular flexibility index (Phi) is 9.02. The fourth-order valence-corrected chi connectivity index (χ4v) is 2.25. The van der Waals surface area contributed by atoms with Gasteiger partial charge in [-0.3, -0.25) is 0 Å². The van der Waals surface area contributed by atoms with Crippen LogP contribution in [0.4, 0.5) is 0 Å². The van der Waals surface area contributed by atoms with Crippen molar-refractivity contribution in [2.45, 2.75) is 79.1 Å². The molecule has 0 aliphatic heterocycles. The summed E-state index contributed by atoms with van der Waals surface area (Å²) in [6.07, 6.45) is 11.1. The van der Waals surface area contributed by atoms with Crippen LogP contribution in [0.5, 0.6) is 0 Å². The molecular formula is C15H33N. The van der Waals surface area contributed by atoms with Crippen molar-refractivity contribution < 1.29 is 0 Å². The Morgan fingerprint density at radius 3 is 1.81 bits per heavy atom. The monoisotopic (exact) mass is 227 g/mol. The van der Waals surface area contributed by atoms with Crippen molar-refractivity contribution in [1.82, 2.24) is 0 Å². The first kappa shape index (κ1) is 16.0. The first-order valence-electron chi connectivity index (χ1n) is 7.22. The standard InChI is InChI=1S/C15H33N/c1-5-6-7-8-9-10-11-12-14(13-16)15(2,3)4/h14H,5-13,16H2,1-4H3. The van der Waals surface area contributed by atoms with Crippen molar-refractivity contribution in [3.8, 4) is 0 Å². The summed E-state index contributed by atoms with van der Waals surface area (Å²) < 4.78 is 0. The van der Waals surface area contributed by atoms with E-state index in [9.17, 15) is 0 Å². The van der Waals surface area contributed by atoms with Crippen LogP contribution in [0.1, 0.15) is 79.1 Å². The summed E-state index contributed by atoms with van der Waals surface area (Å²) in [5.74, 6) is 0.697. The number of hydrogen-bond donors (Lipinski definition) is 1. The molecule has 0 aromatic heterocycles. The van der Waals surface area contributed by atoms with E-state index in [0.29, 0.717) is 11.3 Å². The summed E-state index contributed by atoms with van der Waals surface area (Å²) in [6, 6.07) is 0. The van der Waals surface area contributed by atoms with Crippen LogP contribution in [0.3, 0.4) is 0 Å². The lowest BCUT2D eigenvalue weighted by Crippen LogP contribution is -2.27. The van der Waals surface area contributed by atoms with Gasteiger partial charge in [-0.1, -0.05) is 72.6 Å². The Morgan fingerprint density at radius 2 is 1.38 bits per heavy atom. The molecule has 0 spiro atoms. The summed E-state index contributed by atoms with van der Waals surface area (Å²) in [6.45, 7) is 10.1. The molecule has 0 aliphatic rings. The predicted octanol–water partition coefficient (Wildman–Crippen LogP) is 4.75. The zero-order valence-corrected chi connectivity index (χ0v) is 12.0.